The number of halogens is 2. The maximum Gasteiger partial charge on any atom is 0.326 e. The van der Waals surface area contributed by atoms with Crippen LogP contribution in [0.1, 0.15) is 6.42 Å². The molecule has 0 aliphatic rings. The lowest BCUT2D eigenvalue weighted by Gasteiger charge is -2.14. The van der Waals surface area contributed by atoms with E-state index in [2.05, 4.69) is 10.6 Å². The van der Waals surface area contributed by atoms with Crippen molar-refractivity contribution in [3.63, 3.8) is 0 Å². The molecule has 1 rings (SSSR count). The van der Waals surface area contributed by atoms with Crippen LogP contribution in [0.4, 0.5) is 19.3 Å². The van der Waals surface area contributed by atoms with Crippen LogP contribution in [0.5, 0.6) is 0 Å². The topological polar surface area (TPSA) is 78.4 Å². The summed E-state index contributed by atoms with van der Waals surface area (Å²) in [7, 11) is 0. The average Bonchev–Trinajstić information content (AvgIpc) is 2.37. The van der Waals surface area contributed by atoms with E-state index in [0.717, 1.165) is 12.1 Å². The second-order valence-electron chi connectivity index (χ2n) is 3.89. The van der Waals surface area contributed by atoms with Gasteiger partial charge in [0.2, 0.25) is 0 Å². The van der Waals surface area contributed by atoms with E-state index in [1.165, 1.54) is 11.8 Å². The van der Waals surface area contributed by atoms with Crippen LogP contribution in [-0.4, -0.2) is 35.2 Å². The number of hydrogen-bond donors (Lipinski definition) is 3. The van der Waals surface area contributed by atoms with Gasteiger partial charge in [-0.05, 0) is 30.6 Å². The molecule has 3 N–H and O–H groups in total. The van der Waals surface area contributed by atoms with Crippen LogP contribution in [0.3, 0.4) is 0 Å². The van der Waals surface area contributed by atoms with E-state index in [9.17, 15) is 18.4 Å². The number of benzene rings is 1. The molecule has 0 aliphatic heterocycles. The molecule has 1 aromatic rings. The molecule has 0 unspecified atom stereocenters. The highest BCUT2D eigenvalue weighted by Crippen LogP contribution is 2.14. The smallest absolute Gasteiger partial charge is 0.326 e. The number of nitrogens with one attached hydrogen (secondary N) is 2. The first-order valence-electron chi connectivity index (χ1n) is 5.68. The number of aliphatic carboxylic acids is 1. The zero-order valence-electron chi connectivity index (χ0n) is 10.7. The van der Waals surface area contributed by atoms with Gasteiger partial charge in [-0.1, -0.05) is 0 Å². The van der Waals surface area contributed by atoms with Crippen molar-refractivity contribution in [3.05, 3.63) is 29.8 Å². The number of hydrogen-bond acceptors (Lipinski definition) is 3. The third kappa shape index (κ3) is 5.04. The molecule has 0 spiro atoms. The van der Waals surface area contributed by atoms with Crippen LogP contribution in [0, 0.1) is 11.6 Å². The molecular formula is C12H14F2N2O3S. The van der Waals surface area contributed by atoms with Gasteiger partial charge in [-0.2, -0.15) is 11.8 Å². The van der Waals surface area contributed by atoms with E-state index in [1.807, 2.05) is 6.26 Å². The second-order valence-corrected chi connectivity index (χ2v) is 4.88. The highest BCUT2D eigenvalue weighted by molar-refractivity contribution is 7.98. The first-order valence-corrected chi connectivity index (χ1v) is 7.07. The molecule has 8 heteroatoms. The maximum atomic E-state index is 13.3. The van der Waals surface area contributed by atoms with Gasteiger partial charge in [0.25, 0.3) is 0 Å². The monoisotopic (exact) mass is 304 g/mol. The highest BCUT2D eigenvalue weighted by Gasteiger charge is 2.19. The van der Waals surface area contributed by atoms with E-state index < -0.39 is 29.7 Å². The van der Waals surface area contributed by atoms with Crippen molar-refractivity contribution in [2.24, 2.45) is 0 Å². The summed E-state index contributed by atoms with van der Waals surface area (Å²) in [4.78, 5) is 22.5. The molecule has 0 fully saturated rings. The SMILES string of the molecule is CSCC[C@H](NC(=O)Nc1ccc(F)cc1F)C(=O)O. The normalized spacial score (nSPS) is 11.8. The molecule has 2 amide bonds. The molecular weight excluding hydrogens is 290 g/mol. The number of carbonyl (C=O) groups is 2. The molecule has 20 heavy (non-hydrogen) atoms. The molecule has 0 bridgehead atoms. The summed E-state index contributed by atoms with van der Waals surface area (Å²) in [6.45, 7) is 0. The number of urea groups is 1. The highest BCUT2D eigenvalue weighted by atomic mass is 32.2. The van der Waals surface area contributed by atoms with Crippen LogP contribution < -0.4 is 10.6 Å². The van der Waals surface area contributed by atoms with Gasteiger partial charge in [-0.3, -0.25) is 0 Å². The molecule has 0 saturated heterocycles. The zero-order chi connectivity index (χ0) is 15.1. The Morgan fingerprint density at radius 1 is 1.40 bits per heavy atom. The summed E-state index contributed by atoms with van der Waals surface area (Å²) in [5.41, 5.74) is -0.224. The van der Waals surface area contributed by atoms with Gasteiger partial charge < -0.3 is 15.7 Å². The Hall–Kier alpha value is -1.83. The predicted molar refractivity (Wildman–Crippen MR) is 72.9 cm³/mol. The number of carboxylic acid groups (broad SMARTS) is 1. The van der Waals surface area contributed by atoms with Crippen molar-refractivity contribution in [1.82, 2.24) is 5.32 Å². The lowest BCUT2D eigenvalue weighted by atomic mass is 10.2. The fourth-order valence-electron chi connectivity index (χ4n) is 1.40. The first-order chi connectivity index (χ1) is 9.43. The number of thioether (sulfide) groups is 1. The van der Waals surface area contributed by atoms with E-state index in [1.54, 1.807) is 0 Å². The fraction of sp³-hybridized carbons (Fsp3) is 0.333. The van der Waals surface area contributed by atoms with Crippen LogP contribution in [-0.2, 0) is 4.79 Å². The Labute approximate surface area is 118 Å². The molecule has 0 saturated carbocycles. The van der Waals surface area contributed by atoms with Crippen LogP contribution >= 0.6 is 11.8 Å². The minimum atomic E-state index is -1.17. The number of amides is 2. The van der Waals surface area contributed by atoms with Crippen molar-refractivity contribution >= 4 is 29.4 Å². The lowest BCUT2D eigenvalue weighted by molar-refractivity contribution is -0.139. The van der Waals surface area contributed by atoms with Crippen LogP contribution in [0.2, 0.25) is 0 Å². The Balaban J connectivity index is 2.63. The third-order valence-electron chi connectivity index (χ3n) is 2.39. The van der Waals surface area contributed by atoms with Crippen molar-refractivity contribution in [2.75, 3.05) is 17.3 Å². The zero-order valence-corrected chi connectivity index (χ0v) is 11.5. The molecule has 0 aromatic heterocycles. The minimum Gasteiger partial charge on any atom is -0.480 e. The van der Waals surface area contributed by atoms with Crippen molar-refractivity contribution in [2.45, 2.75) is 12.5 Å². The molecule has 5 nitrogen and oxygen atoms in total. The average molecular weight is 304 g/mol. The van der Waals surface area contributed by atoms with E-state index in [4.69, 9.17) is 5.11 Å². The molecule has 0 radical (unpaired) electrons. The lowest BCUT2D eigenvalue weighted by Crippen LogP contribution is -2.43. The largest absolute Gasteiger partial charge is 0.480 e. The third-order valence-corrected chi connectivity index (χ3v) is 3.04. The second kappa shape index (κ2) is 7.68. The summed E-state index contributed by atoms with van der Waals surface area (Å²) in [6, 6.07) is 0.746. The molecule has 1 aromatic carbocycles. The minimum absolute atomic E-state index is 0.224. The van der Waals surface area contributed by atoms with Gasteiger partial charge in [0, 0.05) is 6.07 Å². The summed E-state index contributed by atoms with van der Waals surface area (Å²) < 4.78 is 26.0. The number of carboxylic acids is 1. The van der Waals surface area contributed by atoms with Gasteiger partial charge in [-0.15, -0.1) is 0 Å². The van der Waals surface area contributed by atoms with Crippen LogP contribution in [0.25, 0.3) is 0 Å². The summed E-state index contributed by atoms with van der Waals surface area (Å²) in [6.07, 6.45) is 2.06. The van der Waals surface area contributed by atoms with E-state index in [-0.39, 0.29) is 12.1 Å². The molecule has 1 atom stereocenters. The van der Waals surface area contributed by atoms with Crippen molar-refractivity contribution in [3.8, 4) is 0 Å². The van der Waals surface area contributed by atoms with Gasteiger partial charge in [0.15, 0.2) is 0 Å². The quantitative estimate of drug-likeness (QED) is 0.753. The van der Waals surface area contributed by atoms with E-state index in [0.29, 0.717) is 11.8 Å². The van der Waals surface area contributed by atoms with Gasteiger partial charge in [0.05, 0.1) is 5.69 Å². The Kier molecular flexibility index (Phi) is 6.23. The number of carbonyl (C=O) groups excluding carboxylic acids is 1. The number of anilines is 1. The Morgan fingerprint density at radius 2 is 2.10 bits per heavy atom. The van der Waals surface area contributed by atoms with Crippen molar-refractivity contribution in [1.29, 1.82) is 0 Å². The van der Waals surface area contributed by atoms with Gasteiger partial charge in [-0.25, -0.2) is 18.4 Å². The van der Waals surface area contributed by atoms with Gasteiger partial charge >= 0.3 is 12.0 Å². The summed E-state index contributed by atoms with van der Waals surface area (Å²) in [5.74, 6) is -2.32. The van der Waals surface area contributed by atoms with Crippen molar-refractivity contribution < 1.29 is 23.5 Å². The van der Waals surface area contributed by atoms with E-state index >= 15 is 0 Å². The maximum absolute atomic E-state index is 13.3. The van der Waals surface area contributed by atoms with Crippen LogP contribution in [0.15, 0.2) is 18.2 Å². The summed E-state index contributed by atoms with van der Waals surface area (Å²) >= 11 is 1.45. The molecule has 0 aliphatic carbocycles. The molecule has 110 valence electrons. The predicted octanol–water partition coefficient (Wildman–Crippen LogP) is 2.29. The Bertz CT molecular complexity index is 500. The Morgan fingerprint density at radius 3 is 2.65 bits per heavy atom. The fourth-order valence-corrected chi connectivity index (χ4v) is 1.87. The standard InChI is InChI=1S/C12H14F2N2O3S/c1-20-5-4-10(11(17)18)16-12(19)15-9-3-2-7(13)6-8(9)14/h2-3,6,10H,4-5H2,1H3,(H,17,18)(H2,15,16,19)/t10-/m0/s1. The first kappa shape index (κ1) is 16.2. The molecule has 0 heterocycles. The van der Waals surface area contributed by atoms with Gasteiger partial charge in [0.1, 0.15) is 17.7 Å². The summed E-state index contributed by atoms with van der Waals surface area (Å²) in [5, 5.41) is 13.3. The number of rotatable bonds is 6.